The van der Waals surface area contributed by atoms with Crippen LogP contribution in [0.2, 0.25) is 0 Å². The van der Waals surface area contributed by atoms with Gasteiger partial charge in [0, 0.05) is 6.08 Å². The van der Waals surface area contributed by atoms with E-state index in [9.17, 15) is 4.79 Å². The molecule has 0 aromatic carbocycles. The van der Waals surface area contributed by atoms with Gasteiger partial charge in [-0.25, -0.2) is 4.79 Å². The van der Waals surface area contributed by atoms with Gasteiger partial charge in [0.15, 0.2) is 0 Å². The van der Waals surface area contributed by atoms with Crippen LogP contribution in [0, 0.1) is 0 Å². The van der Waals surface area contributed by atoms with Crippen molar-refractivity contribution >= 4 is 5.97 Å². The molecule has 1 aliphatic heterocycles. The second-order valence-corrected chi connectivity index (χ2v) is 3.84. The summed E-state index contributed by atoms with van der Waals surface area (Å²) in [6.07, 6.45) is 9.46. The maximum absolute atomic E-state index is 11.1. The lowest BCUT2D eigenvalue weighted by Crippen LogP contribution is -2.06. The molecule has 1 heterocycles. The number of unbranched alkanes of at least 4 members (excludes halogenated alkanes) is 4. The molecule has 0 N–H and O–H groups in total. The van der Waals surface area contributed by atoms with Crippen molar-refractivity contribution in [2.45, 2.75) is 45.1 Å². The molecule has 3 heteroatoms. The number of esters is 1. The van der Waals surface area contributed by atoms with Gasteiger partial charge >= 0.3 is 5.97 Å². The van der Waals surface area contributed by atoms with Gasteiger partial charge in [0.1, 0.15) is 12.7 Å². The Kier molecular flexibility index (Phi) is 6.09. The van der Waals surface area contributed by atoms with Gasteiger partial charge in [0.25, 0.3) is 0 Å². The van der Waals surface area contributed by atoms with Gasteiger partial charge in [0.05, 0.1) is 6.61 Å². The van der Waals surface area contributed by atoms with Gasteiger partial charge in [-0.05, 0) is 12.8 Å². The summed E-state index contributed by atoms with van der Waals surface area (Å²) in [5.74, 6) is -0.249. The Morgan fingerprint density at radius 3 is 2.93 bits per heavy atom. The first-order valence-corrected chi connectivity index (χ1v) is 5.78. The van der Waals surface area contributed by atoms with Crippen LogP contribution < -0.4 is 0 Å². The minimum Gasteiger partial charge on any atom is -0.460 e. The highest BCUT2D eigenvalue weighted by Crippen LogP contribution is 2.08. The van der Waals surface area contributed by atoms with E-state index in [1.807, 2.05) is 6.08 Å². The summed E-state index contributed by atoms with van der Waals surface area (Å²) in [6, 6.07) is 0. The molecule has 1 saturated heterocycles. The van der Waals surface area contributed by atoms with Gasteiger partial charge in [-0.3, -0.25) is 0 Å². The van der Waals surface area contributed by atoms with Gasteiger partial charge in [-0.2, -0.15) is 0 Å². The van der Waals surface area contributed by atoms with Crippen molar-refractivity contribution < 1.29 is 14.3 Å². The van der Waals surface area contributed by atoms with E-state index in [1.165, 1.54) is 25.3 Å². The molecule has 1 atom stereocenters. The molecule has 0 aromatic heterocycles. The highest BCUT2D eigenvalue weighted by molar-refractivity contribution is 5.81. The third kappa shape index (κ3) is 7.14. The normalized spacial score (nSPS) is 19.4. The first-order valence-electron chi connectivity index (χ1n) is 5.78. The van der Waals surface area contributed by atoms with Crippen molar-refractivity contribution in [1.82, 2.24) is 0 Å². The predicted octanol–water partition coefficient (Wildman–Crippen LogP) is 2.46. The Balaban J connectivity index is 1.90. The quantitative estimate of drug-likeness (QED) is 0.268. The lowest BCUT2D eigenvalue weighted by Gasteiger charge is -1.97. The molecule has 0 aliphatic carbocycles. The summed E-state index contributed by atoms with van der Waals surface area (Å²) in [5, 5.41) is 0. The van der Waals surface area contributed by atoms with Gasteiger partial charge in [-0.15, -0.1) is 0 Å². The zero-order valence-corrected chi connectivity index (χ0v) is 9.41. The fourth-order valence-corrected chi connectivity index (χ4v) is 1.26. The summed E-state index contributed by atoms with van der Waals surface area (Å²) in [5.41, 5.74) is 0. The third-order valence-corrected chi connectivity index (χ3v) is 2.29. The number of carbonyl (C=O) groups excluding carboxylic acids is 1. The van der Waals surface area contributed by atoms with Crippen LogP contribution in [0.4, 0.5) is 0 Å². The van der Waals surface area contributed by atoms with E-state index in [4.69, 9.17) is 9.47 Å². The van der Waals surface area contributed by atoms with Crippen LogP contribution in [0.15, 0.2) is 12.2 Å². The second kappa shape index (κ2) is 7.46. The lowest BCUT2D eigenvalue weighted by molar-refractivity contribution is -0.138. The molecule has 0 spiro atoms. The van der Waals surface area contributed by atoms with E-state index in [2.05, 4.69) is 6.92 Å². The minimum absolute atomic E-state index is 0.159. The first-order chi connectivity index (χ1) is 7.33. The van der Waals surface area contributed by atoms with E-state index < -0.39 is 0 Å². The Labute approximate surface area is 91.4 Å². The number of ether oxygens (including phenoxy) is 2. The zero-order chi connectivity index (χ0) is 10.9. The van der Waals surface area contributed by atoms with E-state index in [-0.39, 0.29) is 12.1 Å². The van der Waals surface area contributed by atoms with Gasteiger partial charge in [-0.1, -0.05) is 32.3 Å². The molecular weight excluding hydrogens is 192 g/mol. The molecule has 1 aliphatic rings. The molecule has 3 nitrogen and oxygen atoms in total. The van der Waals surface area contributed by atoms with Crippen LogP contribution in [0.3, 0.4) is 0 Å². The third-order valence-electron chi connectivity index (χ3n) is 2.29. The first kappa shape index (κ1) is 12.2. The Hall–Kier alpha value is -0.830. The zero-order valence-electron chi connectivity index (χ0n) is 9.41. The van der Waals surface area contributed by atoms with Crippen LogP contribution in [0.5, 0.6) is 0 Å². The Bertz CT molecular complexity index is 207. The van der Waals surface area contributed by atoms with Crippen LogP contribution >= 0.6 is 0 Å². The largest absolute Gasteiger partial charge is 0.460 e. The molecule has 15 heavy (non-hydrogen) atoms. The molecular formula is C12H20O3. The van der Waals surface area contributed by atoms with Gasteiger partial charge < -0.3 is 9.47 Å². The van der Waals surface area contributed by atoms with Crippen molar-refractivity contribution in [1.29, 1.82) is 0 Å². The number of hydrogen-bond acceptors (Lipinski definition) is 3. The summed E-state index contributed by atoms with van der Waals surface area (Å²) < 4.78 is 9.87. The SMILES string of the molecule is CCCCCC/C=C/C(=O)OCC1CO1. The molecule has 86 valence electrons. The molecule has 1 rings (SSSR count). The molecule has 0 saturated carbocycles. The average Bonchev–Trinajstić information content (AvgIpc) is 3.04. The predicted molar refractivity (Wildman–Crippen MR) is 58.6 cm³/mol. The highest BCUT2D eigenvalue weighted by Gasteiger charge is 2.23. The monoisotopic (exact) mass is 212 g/mol. The van der Waals surface area contributed by atoms with Crippen molar-refractivity contribution in [3.05, 3.63) is 12.2 Å². The molecule has 0 aromatic rings. The molecule has 1 unspecified atom stereocenters. The number of carbonyl (C=O) groups is 1. The summed E-state index contributed by atoms with van der Waals surface area (Å²) >= 11 is 0. The van der Waals surface area contributed by atoms with Crippen LogP contribution in [-0.2, 0) is 14.3 Å². The molecule has 0 bridgehead atoms. The number of rotatable bonds is 8. The van der Waals surface area contributed by atoms with Crippen molar-refractivity contribution in [2.24, 2.45) is 0 Å². The average molecular weight is 212 g/mol. The van der Waals surface area contributed by atoms with Crippen LogP contribution in [0.25, 0.3) is 0 Å². The lowest BCUT2D eigenvalue weighted by atomic mass is 10.1. The van der Waals surface area contributed by atoms with E-state index in [1.54, 1.807) is 0 Å². The van der Waals surface area contributed by atoms with Crippen molar-refractivity contribution in [2.75, 3.05) is 13.2 Å². The summed E-state index contributed by atoms with van der Waals surface area (Å²) in [6.45, 7) is 3.32. The molecule has 1 fully saturated rings. The Morgan fingerprint density at radius 1 is 1.47 bits per heavy atom. The summed E-state index contributed by atoms with van der Waals surface area (Å²) in [7, 11) is 0. The van der Waals surface area contributed by atoms with Crippen molar-refractivity contribution in [3.8, 4) is 0 Å². The fourth-order valence-electron chi connectivity index (χ4n) is 1.26. The van der Waals surface area contributed by atoms with Gasteiger partial charge in [0.2, 0.25) is 0 Å². The number of epoxide rings is 1. The minimum atomic E-state index is -0.249. The second-order valence-electron chi connectivity index (χ2n) is 3.84. The maximum atomic E-state index is 11.1. The van der Waals surface area contributed by atoms with E-state index in [0.717, 1.165) is 19.4 Å². The summed E-state index contributed by atoms with van der Waals surface area (Å²) in [4.78, 5) is 11.1. The van der Waals surface area contributed by atoms with Crippen molar-refractivity contribution in [3.63, 3.8) is 0 Å². The smallest absolute Gasteiger partial charge is 0.330 e. The molecule has 0 amide bonds. The van der Waals surface area contributed by atoms with E-state index >= 15 is 0 Å². The maximum Gasteiger partial charge on any atom is 0.330 e. The number of hydrogen-bond donors (Lipinski definition) is 0. The van der Waals surface area contributed by atoms with Crippen LogP contribution in [0.1, 0.15) is 39.0 Å². The van der Waals surface area contributed by atoms with Crippen LogP contribution in [-0.4, -0.2) is 25.3 Å². The fraction of sp³-hybridized carbons (Fsp3) is 0.750. The Morgan fingerprint density at radius 2 is 2.27 bits per heavy atom. The molecule has 0 radical (unpaired) electrons. The highest BCUT2D eigenvalue weighted by atomic mass is 16.6. The van der Waals surface area contributed by atoms with E-state index in [0.29, 0.717) is 6.61 Å². The standard InChI is InChI=1S/C12H20O3/c1-2-3-4-5-6-7-8-12(13)15-10-11-9-14-11/h7-8,11H,2-6,9-10H2,1H3/b8-7+. The number of allylic oxidation sites excluding steroid dienone is 1. The topological polar surface area (TPSA) is 38.8 Å².